The molecular weight excluding hydrogens is 326 g/mol. The molecule has 6 heteroatoms. The van der Waals surface area contributed by atoms with E-state index in [0.717, 1.165) is 18.2 Å². The summed E-state index contributed by atoms with van der Waals surface area (Å²) in [5.74, 6) is -1.14. The fraction of sp³-hybridized carbons (Fsp3) is 0.0526. The Balaban J connectivity index is 1.66. The maximum absolute atomic E-state index is 13.6. The van der Waals surface area contributed by atoms with E-state index in [1.54, 1.807) is 30.5 Å². The number of halogens is 2. The predicted molar refractivity (Wildman–Crippen MR) is 88.3 cm³/mol. The molecule has 0 bridgehead atoms. The molecular formula is C19H14F2N2O2. The molecule has 1 amide bonds. The van der Waals surface area contributed by atoms with Crippen LogP contribution < -0.4 is 10.1 Å². The normalized spacial score (nSPS) is 10.3. The first-order valence-electron chi connectivity index (χ1n) is 7.53. The van der Waals surface area contributed by atoms with Gasteiger partial charge in [0.25, 0.3) is 5.91 Å². The second kappa shape index (κ2) is 7.53. The zero-order chi connectivity index (χ0) is 17.6. The number of pyridine rings is 1. The first-order chi connectivity index (χ1) is 12.1. The number of para-hydroxylation sites is 1. The van der Waals surface area contributed by atoms with Crippen LogP contribution in [0.1, 0.15) is 15.9 Å². The summed E-state index contributed by atoms with van der Waals surface area (Å²) in [5.41, 5.74) is 0.376. The minimum absolute atomic E-state index is 0.127. The van der Waals surface area contributed by atoms with Crippen LogP contribution in [-0.2, 0) is 6.54 Å². The lowest BCUT2D eigenvalue weighted by atomic mass is 10.2. The van der Waals surface area contributed by atoms with Crippen LogP contribution in [0, 0.1) is 11.6 Å². The van der Waals surface area contributed by atoms with Gasteiger partial charge in [0.2, 0.25) is 5.88 Å². The number of benzene rings is 2. The molecule has 4 nitrogen and oxygen atoms in total. The molecule has 1 N–H and O–H groups in total. The van der Waals surface area contributed by atoms with Crippen molar-refractivity contribution in [2.24, 2.45) is 0 Å². The summed E-state index contributed by atoms with van der Waals surface area (Å²) in [6.07, 6.45) is 1.54. The molecule has 126 valence electrons. The minimum Gasteiger partial charge on any atom is -0.439 e. The number of carbonyl (C=O) groups excluding carboxylic acids is 1. The Morgan fingerprint density at radius 2 is 1.84 bits per heavy atom. The van der Waals surface area contributed by atoms with E-state index in [-0.39, 0.29) is 12.1 Å². The third-order valence-corrected chi connectivity index (χ3v) is 3.39. The van der Waals surface area contributed by atoms with Crippen molar-refractivity contribution in [3.05, 3.63) is 89.6 Å². The fourth-order valence-electron chi connectivity index (χ4n) is 2.17. The second-order valence-corrected chi connectivity index (χ2v) is 5.22. The fourth-order valence-corrected chi connectivity index (χ4v) is 2.17. The van der Waals surface area contributed by atoms with E-state index in [2.05, 4.69) is 10.3 Å². The maximum Gasteiger partial charge on any atom is 0.254 e. The minimum atomic E-state index is -0.776. The van der Waals surface area contributed by atoms with Crippen molar-refractivity contribution in [3.8, 4) is 11.6 Å². The lowest BCUT2D eigenvalue weighted by Gasteiger charge is -2.08. The number of rotatable bonds is 5. The molecule has 25 heavy (non-hydrogen) atoms. The lowest BCUT2D eigenvalue weighted by molar-refractivity contribution is 0.0946. The number of aromatic nitrogens is 1. The van der Waals surface area contributed by atoms with E-state index < -0.39 is 17.5 Å². The molecule has 3 aromatic rings. The highest BCUT2D eigenvalue weighted by atomic mass is 19.1. The van der Waals surface area contributed by atoms with Crippen LogP contribution in [-0.4, -0.2) is 10.9 Å². The third kappa shape index (κ3) is 4.38. The highest BCUT2D eigenvalue weighted by Crippen LogP contribution is 2.19. The number of carbonyl (C=O) groups is 1. The van der Waals surface area contributed by atoms with Crippen molar-refractivity contribution >= 4 is 5.91 Å². The van der Waals surface area contributed by atoms with Crippen molar-refractivity contribution in [1.29, 1.82) is 0 Å². The van der Waals surface area contributed by atoms with Crippen molar-refractivity contribution in [1.82, 2.24) is 10.3 Å². The van der Waals surface area contributed by atoms with E-state index in [4.69, 9.17) is 4.74 Å². The summed E-state index contributed by atoms with van der Waals surface area (Å²) in [4.78, 5) is 16.1. The van der Waals surface area contributed by atoms with E-state index in [1.807, 2.05) is 18.2 Å². The molecule has 0 fully saturated rings. The van der Waals surface area contributed by atoms with Crippen LogP contribution in [0.3, 0.4) is 0 Å². The molecule has 0 saturated heterocycles. The van der Waals surface area contributed by atoms with Gasteiger partial charge in [0.15, 0.2) is 0 Å². The molecule has 1 heterocycles. The van der Waals surface area contributed by atoms with Gasteiger partial charge in [-0.2, -0.15) is 0 Å². The maximum atomic E-state index is 13.6. The quantitative estimate of drug-likeness (QED) is 0.761. The number of nitrogens with one attached hydrogen (secondary N) is 1. The second-order valence-electron chi connectivity index (χ2n) is 5.22. The summed E-state index contributed by atoms with van der Waals surface area (Å²) < 4.78 is 32.4. The van der Waals surface area contributed by atoms with Crippen molar-refractivity contribution in [2.75, 3.05) is 0 Å². The molecule has 2 aromatic carbocycles. The Labute approximate surface area is 143 Å². The van der Waals surface area contributed by atoms with Crippen LogP contribution in [0.25, 0.3) is 0 Å². The summed E-state index contributed by atoms with van der Waals surface area (Å²) in [5, 5.41) is 2.55. The van der Waals surface area contributed by atoms with Gasteiger partial charge < -0.3 is 10.1 Å². The molecule has 0 aliphatic heterocycles. The van der Waals surface area contributed by atoms with Crippen molar-refractivity contribution in [3.63, 3.8) is 0 Å². The zero-order valence-corrected chi connectivity index (χ0v) is 13.1. The van der Waals surface area contributed by atoms with E-state index in [1.165, 1.54) is 0 Å². The average Bonchev–Trinajstić information content (AvgIpc) is 2.63. The Kier molecular flexibility index (Phi) is 4.99. The summed E-state index contributed by atoms with van der Waals surface area (Å²) in [7, 11) is 0. The van der Waals surface area contributed by atoms with E-state index >= 15 is 0 Å². The first-order valence-corrected chi connectivity index (χ1v) is 7.53. The lowest BCUT2D eigenvalue weighted by Crippen LogP contribution is -2.24. The molecule has 1 aromatic heterocycles. The van der Waals surface area contributed by atoms with Crippen LogP contribution in [0.15, 0.2) is 66.9 Å². The van der Waals surface area contributed by atoms with Crippen LogP contribution >= 0.6 is 0 Å². The summed E-state index contributed by atoms with van der Waals surface area (Å²) >= 11 is 0. The Hall–Kier alpha value is -3.28. The standard InChI is InChI=1S/C19H14F2N2O2/c20-14-6-7-17(21)16(11-14)19(24)23-12-13-8-9-22-18(10-13)25-15-4-2-1-3-5-15/h1-11H,12H2,(H,23,24). The molecule has 0 aliphatic carbocycles. The third-order valence-electron chi connectivity index (χ3n) is 3.39. The number of amides is 1. The number of hydrogen-bond acceptors (Lipinski definition) is 3. The molecule has 0 radical (unpaired) electrons. The van der Waals surface area contributed by atoms with Crippen LogP contribution in [0.2, 0.25) is 0 Å². The topological polar surface area (TPSA) is 51.2 Å². The van der Waals surface area contributed by atoms with Crippen LogP contribution in [0.5, 0.6) is 11.6 Å². The highest BCUT2D eigenvalue weighted by molar-refractivity contribution is 5.94. The highest BCUT2D eigenvalue weighted by Gasteiger charge is 2.12. The molecule has 3 rings (SSSR count). The van der Waals surface area contributed by atoms with Gasteiger partial charge in [-0.15, -0.1) is 0 Å². The predicted octanol–water partition coefficient (Wildman–Crippen LogP) is 4.08. The molecule has 0 atom stereocenters. The Morgan fingerprint density at radius 1 is 1.04 bits per heavy atom. The zero-order valence-electron chi connectivity index (χ0n) is 13.1. The van der Waals surface area contributed by atoms with Gasteiger partial charge in [0.05, 0.1) is 5.56 Å². The molecule has 0 saturated carbocycles. The molecule has 0 spiro atoms. The van der Waals surface area contributed by atoms with Gasteiger partial charge in [0.1, 0.15) is 17.4 Å². The van der Waals surface area contributed by atoms with Gasteiger partial charge in [-0.25, -0.2) is 13.8 Å². The number of nitrogens with zero attached hydrogens (tertiary/aromatic N) is 1. The van der Waals surface area contributed by atoms with Gasteiger partial charge in [-0.3, -0.25) is 4.79 Å². The number of ether oxygens (including phenoxy) is 1. The van der Waals surface area contributed by atoms with Gasteiger partial charge in [0, 0.05) is 18.8 Å². The first kappa shape index (κ1) is 16.6. The molecule has 0 unspecified atom stereocenters. The van der Waals surface area contributed by atoms with Gasteiger partial charge in [-0.1, -0.05) is 18.2 Å². The smallest absolute Gasteiger partial charge is 0.254 e. The largest absolute Gasteiger partial charge is 0.439 e. The number of hydrogen-bond donors (Lipinski definition) is 1. The van der Waals surface area contributed by atoms with Gasteiger partial charge >= 0.3 is 0 Å². The Morgan fingerprint density at radius 3 is 2.64 bits per heavy atom. The van der Waals surface area contributed by atoms with Crippen LogP contribution in [0.4, 0.5) is 8.78 Å². The molecule has 0 aliphatic rings. The Bertz CT molecular complexity index is 886. The average molecular weight is 340 g/mol. The SMILES string of the molecule is O=C(NCc1ccnc(Oc2ccccc2)c1)c1cc(F)ccc1F. The van der Waals surface area contributed by atoms with E-state index in [9.17, 15) is 13.6 Å². The van der Waals surface area contributed by atoms with Crippen molar-refractivity contribution < 1.29 is 18.3 Å². The van der Waals surface area contributed by atoms with Crippen molar-refractivity contribution in [2.45, 2.75) is 6.54 Å². The van der Waals surface area contributed by atoms with E-state index in [0.29, 0.717) is 17.2 Å². The van der Waals surface area contributed by atoms with Gasteiger partial charge in [-0.05, 0) is 42.0 Å². The summed E-state index contributed by atoms with van der Waals surface area (Å²) in [6, 6.07) is 15.2. The monoisotopic (exact) mass is 340 g/mol. The summed E-state index contributed by atoms with van der Waals surface area (Å²) in [6.45, 7) is 0.127.